The summed E-state index contributed by atoms with van der Waals surface area (Å²) in [6.07, 6.45) is 1.58. The molecule has 0 aliphatic rings. The third kappa shape index (κ3) is 2.05. The molecule has 0 saturated carbocycles. The van der Waals surface area contributed by atoms with Crippen LogP contribution in [0.5, 0.6) is 11.6 Å². The first-order valence-electron chi connectivity index (χ1n) is 6.90. The number of nitrogens with zero attached hydrogens (tertiary/aromatic N) is 3. The van der Waals surface area contributed by atoms with Crippen LogP contribution < -0.4 is 10.3 Å². The monoisotopic (exact) mass is 310 g/mol. The molecule has 0 atom stereocenters. The molecule has 0 spiro atoms. The second-order valence-corrected chi connectivity index (χ2v) is 5.07. The number of aromatic amines is 1. The van der Waals surface area contributed by atoms with Crippen molar-refractivity contribution in [3.8, 4) is 11.6 Å². The fourth-order valence-electron chi connectivity index (χ4n) is 2.62. The molecule has 0 aliphatic carbocycles. The standard InChI is InChI=1S/C16H11FN4O2/c1-21-14-10(8-18-20-16(14)22)9-6-7-13(19-15(9)21)23-12-5-3-2-4-11(12)17/h2-8H,1H3,(H,20,22). The maximum Gasteiger partial charge on any atom is 0.288 e. The van der Waals surface area contributed by atoms with E-state index in [2.05, 4.69) is 15.2 Å². The molecular formula is C16H11FN4O2. The van der Waals surface area contributed by atoms with Gasteiger partial charge in [-0.2, -0.15) is 10.1 Å². The maximum absolute atomic E-state index is 13.7. The molecule has 0 aliphatic heterocycles. The number of aryl methyl sites for hydroxylation is 1. The quantitative estimate of drug-likeness (QED) is 0.618. The molecule has 3 aromatic heterocycles. The van der Waals surface area contributed by atoms with E-state index in [0.717, 1.165) is 5.39 Å². The van der Waals surface area contributed by atoms with Gasteiger partial charge in [-0.25, -0.2) is 9.49 Å². The van der Waals surface area contributed by atoms with E-state index in [1.807, 2.05) is 0 Å². The number of rotatable bonds is 2. The van der Waals surface area contributed by atoms with E-state index in [9.17, 15) is 9.18 Å². The summed E-state index contributed by atoms with van der Waals surface area (Å²) in [4.78, 5) is 16.3. The van der Waals surface area contributed by atoms with Crippen LogP contribution in [-0.2, 0) is 7.05 Å². The first kappa shape index (κ1) is 13.4. The SMILES string of the molecule is Cn1c2nc(Oc3ccccc3F)ccc2c2cn[nH]c(=O)c21. The number of H-pyrrole nitrogens is 1. The Morgan fingerprint density at radius 2 is 2.00 bits per heavy atom. The van der Waals surface area contributed by atoms with Gasteiger partial charge in [0.25, 0.3) is 5.56 Å². The Balaban J connectivity index is 1.90. The van der Waals surface area contributed by atoms with Gasteiger partial charge in [-0.05, 0) is 18.2 Å². The number of pyridine rings is 1. The van der Waals surface area contributed by atoms with Crippen molar-refractivity contribution in [1.82, 2.24) is 19.7 Å². The summed E-state index contributed by atoms with van der Waals surface area (Å²) in [5.41, 5.74) is 0.748. The van der Waals surface area contributed by atoms with Gasteiger partial charge in [0, 0.05) is 23.9 Å². The van der Waals surface area contributed by atoms with Crippen molar-refractivity contribution < 1.29 is 9.13 Å². The lowest BCUT2D eigenvalue weighted by atomic mass is 10.2. The summed E-state index contributed by atoms with van der Waals surface area (Å²) in [7, 11) is 1.74. The molecular weight excluding hydrogens is 299 g/mol. The van der Waals surface area contributed by atoms with Gasteiger partial charge in [-0.3, -0.25) is 4.79 Å². The van der Waals surface area contributed by atoms with Gasteiger partial charge in [0.05, 0.1) is 6.20 Å². The third-order valence-corrected chi connectivity index (χ3v) is 3.67. The topological polar surface area (TPSA) is 72.8 Å². The molecule has 0 saturated heterocycles. The average molecular weight is 310 g/mol. The smallest absolute Gasteiger partial charge is 0.288 e. The van der Waals surface area contributed by atoms with E-state index in [0.29, 0.717) is 16.6 Å². The van der Waals surface area contributed by atoms with Crippen LogP contribution in [0.2, 0.25) is 0 Å². The molecule has 6 nitrogen and oxygen atoms in total. The van der Waals surface area contributed by atoms with E-state index in [4.69, 9.17) is 4.74 Å². The molecule has 0 amide bonds. The Hall–Kier alpha value is -3.22. The predicted molar refractivity (Wildman–Crippen MR) is 83.1 cm³/mol. The van der Waals surface area contributed by atoms with Gasteiger partial charge in [0.2, 0.25) is 5.88 Å². The highest BCUT2D eigenvalue weighted by Crippen LogP contribution is 2.28. The van der Waals surface area contributed by atoms with Crippen molar-refractivity contribution in [3.63, 3.8) is 0 Å². The molecule has 1 N–H and O–H groups in total. The normalized spacial score (nSPS) is 11.2. The highest BCUT2D eigenvalue weighted by molar-refractivity contribution is 6.05. The zero-order chi connectivity index (χ0) is 16.0. The molecule has 4 aromatic rings. The number of hydrogen-bond donors (Lipinski definition) is 1. The molecule has 0 bridgehead atoms. The van der Waals surface area contributed by atoms with Gasteiger partial charge >= 0.3 is 0 Å². The molecule has 1 aromatic carbocycles. The van der Waals surface area contributed by atoms with Crippen molar-refractivity contribution in [3.05, 3.63) is 58.8 Å². The zero-order valence-electron chi connectivity index (χ0n) is 12.1. The Labute approximate surface area is 129 Å². The van der Waals surface area contributed by atoms with Crippen LogP contribution in [0.25, 0.3) is 21.9 Å². The van der Waals surface area contributed by atoms with Gasteiger partial charge in [-0.1, -0.05) is 12.1 Å². The molecule has 7 heteroatoms. The number of ether oxygens (including phenoxy) is 1. The van der Waals surface area contributed by atoms with Crippen molar-refractivity contribution in [1.29, 1.82) is 0 Å². The largest absolute Gasteiger partial charge is 0.436 e. The highest BCUT2D eigenvalue weighted by atomic mass is 19.1. The Morgan fingerprint density at radius 3 is 2.83 bits per heavy atom. The maximum atomic E-state index is 13.7. The average Bonchev–Trinajstić information content (AvgIpc) is 2.84. The summed E-state index contributed by atoms with van der Waals surface area (Å²) in [6.45, 7) is 0. The molecule has 4 rings (SSSR count). The highest BCUT2D eigenvalue weighted by Gasteiger charge is 2.14. The number of aromatic nitrogens is 4. The van der Waals surface area contributed by atoms with Crippen LogP contribution in [0.1, 0.15) is 0 Å². The van der Waals surface area contributed by atoms with Crippen LogP contribution in [0, 0.1) is 5.82 Å². The number of halogens is 1. The summed E-state index contributed by atoms with van der Waals surface area (Å²) < 4.78 is 20.8. The van der Waals surface area contributed by atoms with E-state index in [1.165, 1.54) is 12.1 Å². The van der Waals surface area contributed by atoms with Crippen LogP contribution in [0.4, 0.5) is 4.39 Å². The van der Waals surface area contributed by atoms with Gasteiger partial charge in [0.1, 0.15) is 11.2 Å². The summed E-state index contributed by atoms with van der Waals surface area (Å²) in [5.74, 6) is -0.123. The molecule has 0 unspecified atom stereocenters. The van der Waals surface area contributed by atoms with Crippen LogP contribution in [0.15, 0.2) is 47.4 Å². The number of nitrogens with one attached hydrogen (secondary N) is 1. The molecule has 0 fully saturated rings. The van der Waals surface area contributed by atoms with Crippen LogP contribution in [0.3, 0.4) is 0 Å². The fourth-order valence-corrected chi connectivity index (χ4v) is 2.62. The molecule has 0 radical (unpaired) electrons. The lowest BCUT2D eigenvalue weighted by molar-refractivity contribution is 0.428. The van der Waals surface area contributed by atoms with Crippen molar-refractivity contribution in [2.45, 2.75) is 0 Å². The Kier molecular flexibility index (Phi) is 2.87. The lowest BCUT2D eigenvalue weighted by Gasteiger charge is -2.06. The zero-order valence-corrected chi connectivity index (χ0v) is 12.1. The fraction of sp³-hybridized carbons (Fsp3) is 0.0625. The second kappa shape index (κ2) is 4.91. The van der Waals surface area contributed by atoms with Crippen molar-refractivity contribution in [2.24, 2.45) is 7.05 Å². The van der Waals surface area contributed by atoms with Crippen LogP contribution in [-0.4, -0.2) is 19.7 Å². The number of para-hydroxylation sites is 1. The first-order chi connectivity index (χ1) is 11.1. The Bertz CT molecular complexity index is 1100. The molecule has 114 valence electrons. The van der Waals surface area contributed by atoms with Crippen molar-refractivity contribution in [2.75, 3.05) is 0 Å². The predicted octanol–water partition coefficient (Wildman–Crippen LogP) is 2.74. The number of hydrogen-bond acceptors (Lipinski definition) is 4. The lowest BCUT2D eigenvalue weighted by Crippen LogP contribution is -2.10. The minimum absolute atomic E-state index is 0.0950. The van der Waals surface area contributed by atoms with E-state index >= 15 is 0 Å². The van der Waals surface area contributed by atoms with E-state index in [-0.39, 0.29) is 17.2 Å². The minimum Gasteiger partial charge on any atom is -0.436 e. The Morgan fingerprint density at radius 1 is 1.17 bits per heavy atom. The van der Waals surface area contributed by atoms with Gasteiger partial charge < -0.3 is 9.30 Å². The van der Waals surface area contributed by atoms with E-state index < -0.39 is 5.82 Å². The summed E-state index contributed by atoms with van der Waals surface area (Å²) in [5, 5.41) is 7.71. The molecule has 23 heavy (non-hydrogen) atoms. The van der Waals surface area contributed by atoms with Gasteiger partial charge in [0.15, 0.2) is 11.6 Å². The minimum atomic E-state index is -0.466. The van der Waals surface area contributed by atoms with Crippen LogP contribution >= 0.6 is 0 Å². The summed E-state index contributed by atoms with van der Waals surface area (Å²) >= 11 is 0. The number of fused-ring (bicyclic) bond motifs is 3. The van der Waals surface area contributed by atoms with Crippen molar-refractivity contribution >= 4 is 21.9 Å². The second-order valence-electron chi connectivity index (χ2n) is 5.07. The van der Waals surface area contributed by atoms with E-state index in [1.54, 1.807) is 42.1 Å². The first-order valence-corrected chi connectivity index (χ1v) is 6.90. The summed E-state index contributed by atoms with van der Waals surface area (Å²) in [6, 6.07) is 9.52. The third-order valence-electron chi connectivity index (χ3n) is 3.67. The molecule has 3 heterocycles. The van der Waals surface area contributed by atoms with Gasteiger partial charge in [-0.15, -0.1) is 0 Å². The number of benzene rings is 1.